The largest absolute Gasteiger partial charge is 0.495 e. The summed E-state index contributed by atoms with van der Waals surface area (Å²) in [6, 6.07) is 12.7. The van der Waals surface area contributed by atoms with Gasteiger partial charge < -0.3 is 30.3 Å². The lowest BCUT2D eigenvalue weighted by Gasteiger charge is -2.27. The zero-order valence-electron chi connectivity index (χ0n) is 20.7. The van der Waals surface area contributed by atoms with Crippen molar-refractivity contribution in [1.82, 2.24) is 14.9 Å². The third-order valence-electron chi connectivity index (χ3n) is 5.46. The lowest BCUT2D eigenvalue weighted by Crippen LogP contribution is -2.40. The average molecular weight is 518 g/mol. The molecule has 0 unspecified atom stereocenters. The lowest BCUT2D eigenvalue weighted by molar-refractivity contribution is -0.111. The molecule has 1 saturated heterocycles. The normalized spacial score (nSPS) is 12.7. The fourth-order valence-electron chi connectivity index (χ4n) is 3.63. The van der Waals surface area contributed by atoms with E-state index in [0.29, 0.717) is 54.7 Å². The molecular formula is C26H27N7O5. The number of amides is 4. The molecule has 12 heteroatoms. The number of hydrogen-bond acceptors (Lipinski definition) is 8. The van der Waals surface area contributed by atoms with Gasteiger partial charge in [-0.1, -0.05) is 12.6 Å². The maximum Gasteiger partial charge on any atom is 0.324 e. The molecule has 2 heterocycles. The maximum atomic E-state index is 12.8. The summed E-state index contributed by atoms with van der Waals surface area (Å²) in [5.41, 5.74) is 2.02. The molecule has 196 valence electrons. The van der Waals surface area contributed by atoms with Crippen molar-refractivity contribution in [2.75, 3.05) is 54.7 Å². The van der Waals surface area contributed by atoms with Gasteiger partial charge in [-0.05, 0) is 48.5 Å². The molecule has 4 N–H and O–H groups in total. The van der Waals surface area contributed by atoms with Gasteiger partial charge in [-0.2, -0.15) is 4.98 Å². The highest BCUT2D eigenvalue weighted by molar-refractivity contribution is 6.01. The fourth-order valence-corrected chi connectivity index (χ4v) is 3.63. The molecule has 0 atom stereocenters. The summed E-state index contributed by atoms with van der Waals surface area (Å²) < 4.78 is 10.8. The first-order valence-corrected chi connectivity index (χ1v) is 11.7. The van der Waals surface area contributed by atoms with Crippen molar-refractivity contribution < 1.29 is 23.9 Å². The number of nitrogens with zero attached hydrogens (tertiary/aromatic N) is 3. The van der Waals surface area contributed by atoms with E-state index in [4.69, 9.17) is 9.47 Å². The number of benzene rings is 2. The second-order valence-corrected chi connectivity index (χ2v) is 8.06. The number of nitrogens with one attached hydrogen (secondary N) is 4. The van der Waals surface area contributed by atoms with Gasteiger partial charge in [-0.25, -0.2) is 9.78 Å². The Hall–Kier alpha value is -4.97. The summed E-state index contributed by atoms with van der Waals surface area (Å²) in [5, 5.41) is 11.0. The molecule has 1 fully saturated rings. The zero-order chi connectivity index (χ0) is 26.9. The Morgan fingerprint density at radius 2 is 1.79 bits per heavy atom. The van der Waals surface area contributed by atoms with Crippen LogP contribution in [0.4, 0.5) is 33.6 Å². The topological polar surface area (TPSA) is 147 Å². The van der Waals surface area contributed by atoms with Crippen molar-refractivity contribution >= 4 is 46.7 Å². The molecule has 1 aliphatic rings. The molecule has 0 bridgehead atoms. The van der Waals surface area contributed by atoms with Crippen LogP contribution in [-0.4, -0.2) is 66.1 Å². The molecule has 3 aromatic rings. The SMILES string of the molecule is C=CC(=O)Nc1cccc(NC(=O)Nc2ccnc(Nc3ccc(C(=O)N4CCOCC4)cc3OC)n2)c1. The summed E-state index contributed by atoms with van der Waals surface area (Å²) in [7, 11) is 1.50. The highest BCUT2D eigenvalue weighted by Gasteiger charge is 2.20. The third kappa shape index (κ3) is 6.83. The predicted octanol–water partition coefficient (Wildman–Crippen LogP) is 3.47. The van der Waals surface area contributed by atoms with Gasteiger partial charge in [0, 0.05) is 36.2 Å². The Morgan fingerprint density at radius 3 is 2.53 bits per heavy atom. The van der Waals surface area contributed by atoms with E-state index in [1.807, 2.05) is 0 Å². The van der Waals surface area contributed by atoms with Crippen LogP contribution >= 0.6 is 0 Å². The van der Waals surface area contributed by atoms with Crippen molar-refractivity contribution in [3.8, 4) is 5.75 Å². The van der Waals surface area contributed by atoms with Crippen molar-refractivity contribution in [2.24, 2.45) is 0 Å². The van der Waals surface area contributed by atoms with E-state index in [9.17, 15) is 14.4 Å². The molecule has 2 aromatic carbocycles. The van der Waals surface area contributed by atoms with E-state index < -0.39 is 6.03 Å². The van der Waals surface area contributed by atoms with Crippen molar-refractivity contribution in [2.45, 2.75) is 0 Å². The first-order chi connectivity index (χ1) is 18.4. The summed E-state index contributed by atoms with van der Waals surface area (Å²) in [6.45, 7) is 5.53. The van der Waals surface area contributed by atoms with Gasteiger partial charge >= 0.3 is 6.03 Å². The second-order valence-electron chi connectivity index (χ2n) is 8.06. The smallest absolute Gasteiger partial charge is 0.324 e. The van der Waals surface area contributed by atoms with Crippen LogP contribution in [0.2, 0.25) is 0 Å². The van der Waals surface area contributed by atoms with Crippen LogP contribution < -0.4 is 26.0 Å². The minimum Gasteiger partial charge on any atom is -0.495 e. The van der Waals surface area contributed by atoms with Gasteiger partial charge in [-0.3, -0.25) is 14.9 Å². The number of carbonyl (C=O) groups is 3. The molecule has 4 rings (SSSR count). The van der Waals surface area contributed by atoms with E-state index in [1.54, 1.807) is 47.4 Å². The number of aromatic nitrogens is 2. The van der Waals surface area contributed by atoms with E-state index in [0.717, 1.165) is 6.08 Å². The molecule has 1 aromatic heterocycles. The number of methoxy groups -OCH3 is 1. The second kappa shape index (κ2) is 12.3. The lowest BCUT2D eigenvalue weighted by atomic mass is 10.1. The summed E-state index contributed by atoms with van der Waals surface area (Å²) in [5.74, 6) is 0.437. The third-order valence-corrected chi connectivity index (χ3v) is 5.46. The van der Waals surface area contributed by atoms with Crippen LogP contribution in [-0.2, 0) is 9.53 Å². The van der Waals surface area contributed by atoms with E-state index in [1.165, 1.54) is 19.4 Å². The highest BCUT2D eigenvalue weighted by Crippen LogP contribution is 2.28. The van der Waals surface area contributed by atoms with Crippen LogP contribution in [0.3, 0.4) is 0 Å². The van der Waals surface area contributed by atoms with Crippen molar-refractivity contribution in [1.29, 1.82) is 0 Å². The van der Waals surface area contributed by atoms with Gasteiger partial charge in [0.05, 0.1) is 26.0 Å². The number of anilines is 5. The molecular weight excluding hydrogens is 490 g/mol. The summed E-state index contributed by atoms with van der Waals surface area (Å²) in [6.07, 6.45) is 2.64. The quantitative estimate of drug-likeness (QED) is 0.332. The number of hydrogen-bond donors (Lipinski definition) is 4. The Labute approximate surface area is 219 Å². The summed E-state index contributed by atoms with van der Waals surface area (Å²) >= 11 is 0. The van der Waals surface area contributed by atoms with E-state index in [2.05, 4.69) is 37.8 Å². The first-order valence-electron chi connectivity index (χ1n) is 11.7. The molecule has 12 nitrogen and oxygen atoms in total. The number of rotatable bonds is 8. The Kier molecular flexibility index (Phi) is 8.46. The van der Waals surface area contributed by atoms with Crippen LogP contribution in [0.15, 0.2) is 67.4 Å². The van der Waals surface area contributed by atoms with Crippen molar-refractivity contribution in [3.63, 3.8) is 0 Å². The average Bonchev–Trinajstić information content (AvgIpc) is 2.93. The maximum absolute atomic E-state index is 12.8. The van der Waals surface area contributed by atoms with Crippen LogP contribution in [0.25, 0.3) is 0 Å². The minimum absolute atomic E-state index is 0.0970. The van der Waals surface area contributed by atoms with Crippen molar-refractivity contribution in [3.05, 3.63) is 72.9 Å². The molecule has 0 aliphatic carbocycles. The Balaban J connectivity index is 1.40. The molecule has 1 aliphatic heterocycles. The molecule has 0 saturated carbocycles. The van der Waals surface area contributed by atoms with Crippen LogP contribution in [0, 0.1) is 0 Å². The van der Waals surface area contributed by atoms with Gasteiger partial charge in [0.2, 0.25) is 11.9 Å². The Bertz CT molecular complexity index is 1340. The minimum atomic E-state index is -0.537. The first kappa shape index (κ1) is 26.1. The number of morpholine rings is 1. The number of ether oxygens (including phenoxy) is 2. The molecule has 4 amide bonds. The molecule has 0 spiro atoms. The number of urea groups is 1. The molecule has 38 heavy (non-hydrogen) atoms. The van der Waals surface area contributed by atoms with Gasteiger partial charge in [0.15, 0.2) is 0 Å². The molecule has 0 radical (unpaired) electrons. The highest BCUT2D eigenvalue weighted by atomic mass is 16.5. The summed E-state index contributed by atoms with van der Waals surface area (Å²) in [4.78, 5) is 47.0. The standard InChI is InChI=1S/C26H27N7O5/c1-3-23(34)28-18-5-4-6-19(16-18)29-26(36)32-22-9-10-27-25(31-22)30-20-8-7-17(15-21(20)37-2)24(35)33-11-13-38-14-12-33/h3-10,15-16H,1,11-14H2,2H3,(H,28,34)(H3,27,29,30,31,32,36). The zero-order valence-corrected chi connectivity index (χ0v) is 20.7. The van der Waals surface area contributed by atoms with Gasteiger partial charge in [0.25, 0.3) is 5.91 Å². The van der Waals surface area contributed by atoms with Gasteiger partial charge in [-0.15, -0.1) is 0 Å². The number of carbonyl (C=O) groups excluding carboxylic acids is 3. The van der Waals surface area contributed by atoms with Gasteiger partial charge in [0.1, 0.15) is 11.6 Å². The van der Waals surface area contributed by atoms with E-state index in [-0.39, 0.29) is 23.6 Å². The van der Waals surface area contributed by atoms with E-state index >= 15 is 0 Å². The predicted molar refractivity (Wildman–Crippen MR) is 143 cm³/mol. The van der Waals surface area contributed by atoms with Crippen LogP contribution in [0.1, 0.15) is 10.4 Å². The fraction of sp³-hybridized carbons (Fsp3) is 0.192. The van der Waals surface area contributed by atoms with Crippen LogP contribution in [0.5, 0.6) is 5.75 Å². The monoisotopic (exact) mass is 517 g/mol. The Morgan fingerprint density at radius 1 is 1.03 bits per heavy atom.